The summed E-state index contributed by atoms with van der Waals surface area (Å²) in [6.07, 6.45) is 8.52. The SMILES string of the molecule is CCCn1ccnc1Cc1cccc2c1CCC2NC. The minimum atomic E-state index is 0.528. The summed E-state index contributed by atoms with van der Waals surface area (Å²) < 4.78 is 2.28. The van der Waals surface area contributed by atoms with Gasteiger partial charge in [-0.1, -0.05) is 25.1 Å². The quantitative estimate of drug-likeness (QED) is 0.904. The predicted molar refractivity (Wildman–Crippen MR) is 81.9 cm³/mol. The topological polar surface area (TPSA) is 29.9 Å². The van der Waals surface area contributed by atoms with Crippen molar-refractivity contribution < 1.29 is 0 Å². The van der Waals surface area contributed by atoms with E-state index in [4.69, 9.17) is 0 Å². The van der Waals surface area contributed by atoms with Crippen molar-refractivity contribution in [1.29, 1.82) is 0 Å². The van der Waals surface area contributed by atoms with Gasteiger partial charge < -0.3 is 9.88 Å². The third kappa shape index (κ3) is 2.38. The number of hydrogen-bond acceptors (Lipinski definition) is 2. The van der Waals surface area contributed by atoms with E-state index < -0.39 is 0 Å². The Morgan fingerprint density at radius 3 is 3.10 bits per heavy atom. The number of benzene rings is 1. The van der Waals surface area contributed by atoms with E-state index in [9.17, 15) is 0 Å². The highest BCUT2D eigenvalue weighted by Gasteiger charge is 2.23. The maximum absolute atomic E-state index is 4.54. The molecule has 106 valence electrons. The Morgan fingerprint density at radius 2 is 2.30 bits per heavy atom. The van der Waals surface area contributed by atoms with E-state index in [-0.39, 0.29) is 0 Å². The summed E-state index contributed by atoms with van der Waals surface area (Å²) in [6, 6.07) is 7.25. The third-order valence-electron chi connectivity index (χ3n) is 4.33. The van der Waals surface area contributed by atoms with Crippen LogP contribution in [0.3, 0.4) is 0 Å². The average molecular weight is 269 g/mol. The second-order valence-electron chi connectivity index (χ2n) is 5.58. The van der Waals surface area contributed by atoms with Crippen LogP contribution in [0.25, 0.3) is 0 Å². The Labute approximate surface area is 121 Å². The maximum atomic E-state index is 4.54. The molecule has 1 atom stereocenters. The zero-order valence-electron chi connectivity index (χ0n) is 12.4. The van der Waals surface area contributed by atoms with Crippen LogP contribution < -0.4 is 5.32 Å². The Bertz CT molecular complexity index is 586. The highest BCUT2D eigenvalue weighted by molar-refractivity contribution is 5.42. The normalized spacial score (nSPS) is 17.4. The zero-order valence-corrected chi connectivity index (χ0v) is 12.4. The van der Waals surface area contributed by atoms with Crippen LogP contribution in [0, 0.1) is 0 Å². The number of nitrogens with zero attached hydrogens (tertiary/aromatic N) is 2. The van der Waals surface area contributed by atoms with Gasteiger partial charge in [0.05, 0.1) is 0 Å². The molecule has 0 saturated carbocycles. The largest absolute Gasteiger partial charge is 0.335 e. The monoisotopic (exact) mass is 269 g/mol. The van der Waals surface area contributed by atoms with Crippen LogP contribution in [0.1, 0.15) is 48.3 Å². The molecule has 0 fully saturated rings. The first kappa shape index (κ1) is 13.4. The number of imidazole rings is 1. The lowest BCUT2D eigenvalue weighted by molar-refractivity contribution is 0.590. The summed E-state index contributed by atoms with van der Waals surface area (Å²) in [4.78, 5) is 4.54. The van der Waals surface area contributed by atoms with Gasteiger partial charge in [-0.15, -0.1) is 0 Å². The van der Waals surface area contributed by atoms with Crippen molar-refractivity contribution in [1.82, 2.24) is 14.9 Å². The van der Waals surface area contributed by atoms with E-state index >= 15 is 0 Å². The van der Waals surface area contributed by atoms with Crippen molar-refractivity contribution in [3.63, 3.8) is 0 Å². The van der Waals surface area contributed by atoms with Gasteiger partial charge in [-0.05, 0) is 43.0 Å². The lowest BCUT2D eigenvalue weighted by Crippen LogP contribution is -2.12. The fourth-order valence-corrected chi connectivity index (χ4v) is 3.32. The fraction of sp³-hybridized carbons (Fsp3) is 0.471. The molecule has 1 N–H and O–H groups in total. The Balaban J connectivity index is 1.89. The minimum absolute atomic E-state index is 0.528. The first-order valence-electron chi connectivity index (χ1n) is 7.61. The summed E-state index contributed by atoms with van der Waals surface area (Å²) in [7, 11) is 2.06. The van der Waals surface area contributed by atoms with Crippen LogP contribution in [-0.4, -0.2) is 16.6 Å². The number of aromatic nitrogens is 2. The summed E-state index contributed by atoms with van der Waals surface area (Å²) in [5.41, 5.74) is 4.47. The van der Waals surface area contributed by atoms with E-state index in [2.05, 4.69) is 53.2 Å². The molecule has 20 heavy (non-hydrogen) atoms. The molecular formula is C17H23N3. The van der Waals surface area contributed by atoms with Gasteiger partial charge in [0.15, 0.2) is 0 Å². The molecule has 1 aromatic heterocycles. The van der Waals surface area contributed by atoms with Gasteiger partial charge in [0.1, 0.15) is 5.82 Å². The highest BCUT2D eigenvalue weighted by atomic mass is 15.1. The predicted octanol–water partition coefficient (Wildman–Crippen LogP) is 3.09. The summed E-state index contributed by atoms with van der Waals surface area (Å²) in [6.45, 7) is 3.27. The molecule has 1 heterocycles. The van der Waals surface area contributed by atoms with Crippen LogP contribution >= 0.6 is 0 Å². The van der Waals surface area contributed by atoms with Crippen molar-refractivity contribution in [2.75, 3.05) is 7.05 Å². The molecule has 0 amide bonds. The summed E-state index contributed by atoms with van der Waals surface area (Å²) >= 11 is 0. The number of nitrogens with one attached hydrogen (secondary N) is 1. The molecule has 0 radical (unpaired) electrons. The van der Waals surface area contributed by atoms with Gasteiger partial charge in [0, 0.05) is 31.4 Å². The molecule has 0 spiro atoms. The number of rotatable bonds is 5. The third-order valence-corrected chi connectivity index (χ3v) is 4.33. The molecule has 1 aliphatic rings. The van der Waals surface area contributed by atoms with Crippen LogP contribution in [-0.2, 0) is 19.4 Å². The second kappa shape index (κ2) is 5.80. The average Bonchev–Trinajstić information content (AvgIpc) is 3.07. The fourth-order valence-electron chi connectivity index (χ4n) is 3.32. The van der Waals surface area contributed by atoms with Crippen molar-refractivity contribution in [2.45, 2.75) is 45.2 Å². The van der Waals surface area contributed by atoms with Crippen molar-refractivity contribution in [3.8, 4) is 0 Å². The Hall–Kier alpha value is -1.61. The van der Waals surface area contributed by atoms with Gasteiger partial charge in [-0.2, -0.15) is 0 Å². The highest BCUT2D eigenvalue weighted by Crippen LogP contribution is 2.33. The molecule has 3 rings (SSSR count). The zero-order chi connectivity index (χ0) is 13.9. The Morgan fingerprint density at radius 1 is 1.40 bits per heavy atom. The van der Waals surface area contributed by atoms with E-state index in [1.165, 1.54) is 35.4 Å². The summed E-state index contributed by atoms with van der Waals surface area (Å²) in [5.74, 6) is 1.19. The molecule has 0 aliphatic heterocycles. The number of hydrogen-bond donors (Lipinski definition) is 1. The molecule has 1 unspecified atom stereocenters. The lowest BCUT2D eigenvalue weighted by Gasteiger charge is -2.12. The van der Waals surface area contributed by atoms with Crippen LogP contribution in [0.5, 0.6) is 0 Å². The molecule has 2 aromatic rings. The first-order valence-corrected chi connectivity index (χ1v) is 7.61. The van der Waals surface area contributed by atoms with E-state index in [0.29, 0.717) is 6.04 Å². The Kier molecular flexibility index (Phi) is 3.88. The second-order valence-corrected chi connectivity index (χ2v) is 5.58. The van der Waals surface area contributed by atoms with Gasteiger partial charge in [-0.3, -0.25) is 0 Å². The van der Waals surface area contributed by atoms with Gasteiger partial charge in [0.2, 0.25) is 0 Å². The molecule has 1 aliphatic carbocycles. The first-order chi connectivity index (χ1) is 9.83. The van der Waals surface area contributed by atoms with Crippen LogP contribution in [0.2, 0.25) is 0 Å². The van der Waals surface area contributed by atoms with E-state index in [1.807, 2.05) is 6.20 Å². The van der Waals surface area contributed by atoms with Crippen molar-refractivity contribution in [3.05, 3.63) is 53.1 Å². The van der Waals surface area contributed by atoms with Crippen LogP contribution in [0.15, 0.2) is 30.6 Å². The number of aryl methyl sites for hydroxylation is 1. The molecule has 1 aromatic carbocycles. The van der Waals surface area contributed by atoms with Crippen molar-refractivity contribution in [2.24, 2.45) is 0 Å². The molecular weight excluding hydrogens is 246 g/mol. The van der Waals surface area contributed by atoms with Gasteiger partial charge in [0.25, 0.3) is 0 Å². The van der Waals surface area contributed by atoms with Crippen LogP contribution in [0.4, 0.5) is 0 Å². The van der Waals surface area contributed by atoms with Gasteiger partial charge in [-0.25, -0.2) is 4.98 Å². The molecule has 0 bridgehead atoms. The minimum Gasteiger partial charge on any atom is -0.335 e. The molecule has 3 nitrogen and oxygen atoms in total. The van der Waals surface area contributed by atoms with E-state index in [1.54, 1.807) is 0 Å². The molecule has 3 heteroatoms. The van der Waals surface area contributed by atoms with Crippen molar-refractivity contribution >= 4 is 0 Å². The standard InChI is InChI=1S/C17H23N3/c1-3-10-20-11-9-19-17(20)12-13-5-4-6-15-14(13)7-8-16(15)18-2/h4-6,9,11,16,18H,3,7-8,10,12H2,1-2H3. The molecule has 0 saturated heterocycles. The lowest BCUT2D eigenvalue weighted by atomic mass is 9.99. The number of fused-ring (bicyclic) bond motifs is 1. The maximum Gasteiger partial charge on any atom is 0.113 e. The summed E-state index contributed by atoms with van der Waals surface area (Å²) in [5, 5.41) is 3.42. The smallest absolute Gasteiger partial charge is 0.113 e. The van der Waals surface area contributed by atoms with Gasteiger partial charge >= 0.3 is 0 Å². The van der Waals surface area contributed by atoms with E-state index in [0.717, 1.165) is 19.4 Å².